The first-order chi connectivity index (χ1) is 16.3. The molecule has 0 saturated carbocycles. The first-order valence-electron chi connectivity index (χ1n) is 10.9. The first kappa shape index (κ1) is 23.3. The summed E-state index contributed by atoms with van der Waals surface area (Å²) in [5, 5.41) is 4.88. The summed E-state index contributed by atoms with van der Waals surface area (Å²) in [4.78, 5) is 12.7. The number of hydrogen-bond acceptors (Lipinski definition) is 4. The molecular weight excluding hydrogens is 448 g/mol. The van der Waals surface area contributed by atoms with Crippen molar-refractivity contribution in [1.82, 2.24) is 5.32 Å². The van der Waals surface area contributed by atoms with Crippen molar-refractivity contribution < 1.29 is 17.9 Å². The number of carbonyl (C=O) groups excluding carboxylic acids is 1. The summed E-state index contributed by atoms with van der Waals surface area (Å²) >= 11 is 0. The number of rotatable bonds is 8. The predicted octanol–water partition coefficient (Wildman–Crippen LogP) is 5.07. The molecule has 0 aliphatic heterocycles. The van der Waals surface area contributed by atoms with Gasteiger partial charge >= 0.3 is 0 Å². The molecule has 4 aromatic rings. The van der Waals surface area contributed by atoms with Crippen molar-refractivity contribution in [2.24, 2.45) is 0 Å². The molecule has 174 valence electrons. The Morgan fingerprint density at radius 1 is 0.882 bits per heavy atom. The van der Waals surface area contributed by atoms with E-state index in [2.05, 4.69) is 10.0 Å². The Morgan fingerprint density at radius 3 is 2.41 bits per heavy atom. The van der Waals surface area contributed by atoms with Crippen LogP contribution < -0.4 is 14.8 Å². The van der Waals surface area contributed by atoms with Crippen molar-refractivity contribution in [1.29, 1.82) is 0 Å². The molecular formula is C27H26N2O4S. The molecule has 0 aromatic heterocycles. The van der Waals surface area contributed by atoms with Gasteiger partial charge in [-0.05, 0) is 55.1 Å². The summed E-state index contributed by atoms with van der Waals surface area (Å²) < 4.78 is 34.3. The summed E-state index contributed by atoms with van der Waals surface area (Å²) in [6.07, 6.45) is 0. The average molecular weight is 475 g/mol. The van der Waals surface area contributed by atoms with E-state index in [9.17, 15) is 13.2 Å². The summed E-state index contributed by atoms with van der Waals surface area (Å²) in [7, 11) is -3.85. The molecule has 6 nitrogen and oxygen atoms in total. The molecule has 0 atom stereocenters. The Kier molecular flexibility index (Phi) is 6.84. The van der Waals surface area contributed by atoms with E-state index in [4.69, 9.17) is 4.74 Å². The van der Waals surface area contributed by atoms with Crippen molar-refractivity contribution in [2.45, 2.75) is 18.7 Å². The highest BCUT2D eigenvalue weighted by atomic mass is 32.2. The second-order valence-electron chi connectivity index (χ2n) is 8.03. The van der Waals surface area contributed by atoms with Crippen molar-refractivity contribution >= 4 is 32.4 Å². The Morgan fingerprint density at radius 2 is 1.62 bits per heavy atom. The van der Waals surface area contributed by atoms with Crippen LogP contribution in [0.2, 0.25) is 0 Å². The molecule has 2 N–H and O–H groups in total. The van der Waals surface area contributed by atoms with Gasteiger partial charge in [0, 0.05) is 16.6 Å². The van der Waals surface area contributed by atoms with Gasteiger partial charge in [-0.25, -0.2) is 8.42 Å². The number of carbonyl (C=O) groups is 1. The van der Waals surface area contributed by atoms with Crippen LogP contribution in [0.1, 0.15) is 21.5 Å². The second-order valence-corrected chi connectivity index (χ2v) is 9.68. The lowest BCUT2D eigenvalue weighted by atomic mass is 10.1. The number of hydrogen-bond donors (Lipinski definition) is 2. The van der Waals surface area contributed by atoms with E-state index >= 15 is 0 Å². The minimum absolute atomic E-state index is 0.0627. The number of amides is 1. The highest BCUT2D eigenvalue weighted by Crippen LogP contribution is 2.25. The minimum atomic E-state index is -3.85. The number of ether oxygens (including phenoxy) is 1. The third-order valence-electron chi connectivity index (χ3n) is 5.44. The number of nitrogens with one attached hydrogen (secondary N) is 2. The summed E-state index contributed by atoms with van der Waals surface area (Å²) in [5.41, 5.74) is 2.31. The standard InChI is InChI=1S/C27H26N2O4S/c1-19-10-14-23(15-11-19)29-34(31,32)26-18-22(13-12-20(26)2)27(30)28-16-17-33-25-9-5-7-21-6-3-4-8-24(21)25/h3-15,18,29H,16-17H2,1-2H3,(H,28,30). The van der Waals surface area contributed by atoms with Crippen LogP contribution in [-0.4, -0.2) is 27.5 Å². The molecule has 0 heterocycles. The summed E-state index contributed by atoms with van der Waals surface area (Å²) in [5.74, 6) is 0.381. The topological polar surface area (TPSA) is 84.5 Å². The number of sulfonamides is 1. The molecule has 0 spiro atoms. The second kappa shape index (κ2) is 9.97. The Labute approximate surface area is 199 Å². The number of fused-ring (bicyclic) bond motifs is 1. The van der Waals surface area contributed by atoms with Gasteiger partial charge in [-0.2, -0.15) is 0 Å². The molecule has 1 amide bonds. The Hall–Kier alpha value is -3.84. The fourth-order valence-electron chi connectivity index (χ4n) is 3.61. The van der Waals surface area contributed by atoms with Crippen LogP contribution in [-0.2, 0) is 10.0 Å². The van der Waals surface area contributed by atoms with E-state index in [1.165, 1.54) is 6.07 Å². The lowest BCUT2D eigenvalue weighted by molar-refractivity contribution is 0.0947. The maximum Gasteiger partial charge on any atom is 0.262 e. The van der Waals surface area contributed by atoms with Crippen LogP contribution in [0.25, 0.3) is 10.8 Å². The fourth-order valence-corrected chi connectivity index (χ4v) is 4.94. The Bertz CT molecular complexity index is 1430. The van der Waals surface area contributed by atoms with Crippen LogP contribution >= 0.6 is 0 Å². The third kappa shape index (κ3) is 5.38. The Balaban J connectivity index is 1.40. The van der Waals surface area contributed by atoms with Crippen molar-refractivity contribution in [3.05, 3.63) is 102 Å². The quantitative estimate of drug-likeness (QED) is 0.349. The van der Waals surface area contributed by atoms with Gasteiger partial charge in [-0.15, -0.1) is 0 Å². The molecule has 0 fully saturated rings. The number of benzene rings is 4. The molecule has 4 aromatic carbocycles. The maximum absolute atomic E-state index is 12.9. The molecule has 0 unspecified atom stereocenters. The molecule has 7 heteroatoms. The van der Waals surface area contributed by atoms with E-state index in [1.807, 2.05) is 61.5 Å². The van der Waals surface area contributed by atoms with Gasteiger partial charge in [-0.1, -0.05) is 60.2 Å². The highest BCUT2D eigenvalue weighted by molar-refractivity contribution is 7.92. The molecule has 4 rings (SSSR count). The largest absolute Gasteiger partial charge is 0.491 e. The first-order valence-corrected chi connectivity index (χ1v) is 12.4. The van der Waals surface area contributed by atoms with Gasteiger partial charge in [-0.3, -0.25) is 9.52 Å². The van der Waals surface area contributed by atoms with Crippen molar-refractivity contribution in [3.63, 3.8) is 0 Å². The fraction of sp³-hybridized carbons (Fsp3) is 0.148. The third-order valence-corrected chi connectivity index (χ3v) is 6.96. The van der Waals surface area contributed by atoms with Crippen molar-refractivity contribution in [2.75, 3.05) is 17.9 Å². The van der Waals surface area contributed by atoms with Gasteiger partial charge in [0.05, 0.1) is 11.4 Å². The van der Waals surface area contributed by atoms with Crippen LogP contribution in [0.3, 0.4) is 0 Å². The average Bonchev–Trinajstić information content (AvgIpc) is 2.83. The van der Waals surface area contributed by atoms with E-state index < -0.39 is 10.0 Å². The van der Waals surface area contributed by atoms with Gasteiger partial charge in [0.25, 0.3) is 15.9 Å². The van der Waals surface area contributed by atoms with Gasteiger partial charge in [0.2, 0.25) is 0 Å². The zero-order valence-corrected chi connectivity index (χ0v) is 19.9. The van der Waals surface area contributed by atoms with Crippen molar-refractivity contribution in [3.8, 4) is 5.75 Å². The smallest absolute Gasteiger partial charge is 0.262 e. The van der Waals surface area contributed by atoms with E-state index in [1.54, 1.807) is 31.2 Å². The molecule has 0 aliphatic carbocycles. The zero-order valence-electron chi connectivity index (χ0n) is 19.0. The van der Waals surface area contributed by atoms with Gasteiger partial charge in [0.15, 0.2) is 0 Å². The van der Waals surface area contributed by atoms with E-state index in [-0.39, 0.29) is 29.5 Å². The normalized spacial score (nSPS) is 11.2. The molecule has 0 aliphatic rings. The van der Waals surface area contributed by atoms with E-state index in [0.717, 1.165) is 22.1 Å². The lowest BCUT2D eigenvalue weighted by Crippen LogP contribution is -2.28. The van der Waals surface area contributed by atoms with E-state index in [0.29, 0.717) is 11.3 Å². The molecule has 0 bridgehead atoms. The SMILES string of the molecule is Cc1ccc(NS(=O)(=O)c2cc(C(=O)NCCOc3cccc4ccccc34)ccc2C)cc1. The minimum Gasteiger partial charge on any atom is -0.491 e. The highest BCUT2D eigenvalue weighted by Gasteiger charge is 2.19. The number of aryl methyl sites for hydroxylation is 2. The van der Waals surface area contributed by atoms with Crippen LogP contribution in [0, 0.1) is 13.8 Å². The monoisotopic (exact) mass is 474 g/mol. The lowest BCUT2D eigenvalue weighted by Gasteiger charge is -2.13. The van der Waals surface area contributed by atoms with Gasteiger partial charge < -0.3 is 10.1 Å². The zero-order chi connectivity index (χ0) is 24.1. The summed E-state index contributed by atoms with van der Waals surface area (Å²) in [6.45, 7) is 4.19. The summed E-state index contributed by atoms with van der Waals surface area (Å²) in [6, 6.07) is 25.5. The van der Waals surface area contributed by atoms with Crippen LogP contribution in [0.4, 0.5) is 5.69 Å². The molecule has 0 saturated heterocycles. The maximum atomic E-state index is 12.9. The molecule has 0 radical (unpaired) electrons. The molecule has 34 heavy (non-hydrogen) atoms. The van der Waals surface area contributed by atoms with Gasteiger partial charge in [0.1, 0.15) is 12.4 Å². The van der Waals surface area contributed by atoms with Crippen LogP contribution in [0.15, 0.2) is 89.8 Å². The number of anilines is 1. The predicted molar refractivity (Wildman–Crippen MR) is 135 cm³/mol. The van der Waals surface area contributed by atoms with Crippen LogP contribution in [0.5, 0.6) is 5.75 Å².